The Balaban J connectivity index is 1.73. The molecule has 2 aromatic heterocycles. The van der Waals surface area contributed by atoms with E-state index in [4.69, 9.17) is 0 Å². The zero-order chi connectivity index (χ0) is 14.5. The van der Waals surface area contributed by atoms with Crippen LogP contribution in [0.2, 0.25) is 0 Å². The minimum atomic E-state index is 0.519. The van der Waals surface area contributed by atoms with Crippen molar-refractivity contribution < 1.29 is 0 Å². The number of anilines is 2. The summed E-state index contributed by atoms with van der Waals surface area (Å²) in [6, 6.07) is 1.85. The maximum absolute atomic E-state index is 4.44. The molecule has 21 heavy (non-hydrogen) atoms. The van der Waals surface area contributed by atoms with E-state index in [-0.39, 0.29) is 0 Å². The summed E-state index contributed by atoms with van der Waals surface area (Å²) in [5.41, 5.74) is 0. The van der Waals surface area contributed by atoms with Gasteiger partial charge in [0.05, 0.1) is 0 Å². The molecule has 2 aromatic rings. The lowest BCUT2D eigenvalue weighted by atomic mass is 9.89. The quantitative estimate of drug-likeness (QED) is 0.876. The van der Waals surface area contributed by atoms with Gasteiger partial charge in [0.2, 0.25) is 11.9 Å². The summed E-state index contributed by atoms with van der Waals surface area (Å²) in [5, 5.41) is 10.5. The lowest BCUT2D eigenvalue weighted by Crippen LogP contribution is -2.19. The van der Waals surface area contributed by atoms with Crippen molar-refractivity contribution in [3.63, 3.8) is 0 Å². The fraction of sp³-hybridized carbons (Fsp3) is 0.571. The largest absolute Gasteiger partial charge is 0.357 e. The van der Waals surface area contributed by atoms with E-state index in [2.05, 4.69) is 30.7 Å². The third-order valence-corrected chi connectivity index (χ3v) is 3.83. The molecule has 112 valence electrons. The first-order chi connectivity index (χ1) is 10.3. The van der Waals surface area contributed by atoms with Crippen LogP contribution in [0.3, 0.4) is 0 Å². The highest BCUT2D eigenvalue weighted by Gasteiger charge is 2.14. The minimum absolute atomic E-state index is 0.519. The van der Waals surface area contributed by atoms with Crippen LogP contribution in [0.15, 0.2) is 18.5 Å². The predicted octanol–water partition coefficient (Wildman–Crippen LogP) is 2.09. The molecular formula is C14H21N7. The second-order valence-corrected chi connectivity index (χ2v) is 5.37. The van der Waals surface area contributed by atoms with Crippen molar-refractivity contribution >= 4 is 11.9 Å². The van der Waals surface area contributed by atoms with Gasteiger partial charge in [-0.1, -0.05) is 19.3 Å². The van der Waals surface area contributed by atoms with Crippen molar-refractivity contribution in [2.45, 2.75) is 32.1 Å². The zero-order valence-corrected chi connectivity index (χ0v) is 12.3. The summed E-state index contributed by atoms with van der Waals surface area (Å²) in [7, 11) is 1.80. The molecular weight excluding hydrogens is 266 g/mol. The molecule has 0 aliphatic heterocycles. The molecule has 0 radical (unpaired) electrons. The molecule has 0 spiro atoms. The molecule has 1 fully saturated rings. The second kappa shape index (κ2) is 6.51. The molecule has 0 amide bonds. The van der Waals surface area contributed by atoms with Crippen LogP contribution < -0.4 is 10.6 Å². The minimum Gasteiger partial charge on any atom is -0.357 e. The maximum atomic E-state index is 4.44. The van der Waals surface area contributed by atoms with Crippen LogP contribution in [-0.4, -0.2) is 38.3 Å². The van der Waals surface area contributed by atoms with Gasteiger partial charge in [-0.05, 0) is 24.8 Å². The van der Waals surface area contributed by atoms with Gasteiger partial charge in [-0.3, -0.25) is 0 Å². The normalized spacial score (nSPS) is 15.9. The van der Waals surface area contributed by atoms with E-state index in [9.17, 15) is 0 Å². The second-order valence-electron chi connectivity index (χ2n) is 5.37. The molecule has 0 bridgehead atoms. The van der Waals surface area contributed by atoms with Gasteiger partial charge in [0.15, 0.2) is 0 Å². The number of aromatic nitrogens is 5. The third-order valence-electron chi connectivity index (χ3n) is 3.83. The number of hydrogen-bond acceptors (Lipinski definition) is 6. The highest BCUT2D eigenvalue weighted by molar-refractivity contribution is 5.37. The molecule has 0 saturated heterocycles. The summed E-state index contributed by atoms with van der Waals surface area (Å²) >= 11 is 0. The molecule has 0 atom stereocenters. The van der Waals surface area contributed by atoms with Gasteiger partial charge in [-0.2, -0.15) is 20.1 Å². The fourth-order valence-corrected chi connectivity index (χ4v) is 2.67. The molecule has 2 N–H and O–H groups in total. The van der Waals surface area contributed by atoms with Crippen molar-refractivity contribution in [1.29, 1.82) is 0 Å². The van der Waals surface area contributed by atoms with E-state index < -0.39 is 0 Å². The Bertz CT molecular complexity index is 561. The number of rotatable bonds is 5. The van der Waals surface area contributed by atoms with Gasteiger partial charge in [0, 0.05) is 26.0 Å². The first-order valence-electron chi connectivity index (χ1n) is 7.53. The van der Waals surface area contributed by atoms with Crippen LogP contribution in [0.1, 0.15) is 32.1 Å². The monoisotopic (exact) mass is 287 g/mol. The summed E-state index contributed by atoms with van der Waals surface area (Å²) in [4.78, 5) is 13.1. The molecule has 0 aromatic carbocycles. The molecule has 0 unspecified atom stereocenters. The molecule has 1 aliphatic rings. The smallest absolute Gasteiger partial charge is 0.257 e. The van der Waals surface area contributed by atoms with Gasteiger partial charge in [-0.25, -0.2) is 4.68 Å². The van der Waals surface area contributed by atoms with Crippen LogP contribution in [0.4, 0.5) is 11.9 Å². The van der Waals surface area contributed by atoms with Gasteiger partial charge in [0.25, 0.3) is 5.95 Å². The third kappa shape index (κ3) is 3.48. The van der Waals surface area contributed by atoms with E-state index in [1.54, 1.807) is 17.9 Å². The van der Waals surface area contributed by atoms with Gasteiger partial charge >= 0.3 is 0 Å². The highest BCUT2D eigenvalue weighted by atomic mass is 15.4. The van der Waals surface area contributed by atoms with E-state index in [0.717, 1.165) is 12.5 Å². The maximum Gasteiger partial charge on any atom is 0.257 e. The van der Waals surface area contributed by atoms with Crippen molar-refractivity contribution in [2.24, 2.45) is 5.92 Å². The number of nitrogens with zero attached hydrogens (tertiary/aromatic N) is 5. The van der Waals surface area contributed by atoms with Gasteiger partial charge in [0.1, 0.15) is 0 Å². The average molecular weight is 287 g/mol. The van der Waals surface area contributed by atoms with Gasteiger partial charge < -0.3 is 10.6 Å². The summed E-state index contributed by atoms with van der Waals surface area (Å²) in [5.74, 6) is 2.39. The summed E-state index contributed by atoms with van der Waals surface area (Å²) in [6.45, 7) is 0.922. The van der Waals surface area contributed by atoms with Crippen LogP contribution >= 0.6 is 0 Å². The summed E-state index contributed by atoms with van der Waals surface area (Å²) < 4.78 is 1.63. The van der Waals surface area contributed by atoms with Crippen LogP contribution in [0, 0.1) is 5.92 Å². The van der Waals surface area contributed by atoms with E-state index >= 15 is 0 Å². The van der Waals surface area contributed by atoms with Crippen LogP contribution in [0.5, 0.6) is 0 Å². The Morgan fingerprint density at radius 2 is 1.95 bits per heavy atom. The Labute approximate surface area is 124 Å². The predicted molar refractivity (Wildman–Crippen MR) is 81.6 cm³/mol. The standard InChI is InChI=1S/C14H21N7/c1-15-12-18-13(16-10-11-6-3-2-4-7-11)20-14(19-12)21-9-5-8-17-21/h5,8-9,11H,2-4,6-7,10H2,1H3,(H2,15,16,18,19,20). The highest BCUT2D eigenvalue weighted by Crippen LogP contribution is 2.23. The Hall–Kier alpha value is -2.18. The van der Waals surface area contributed by atoms with E-state index in [1.807, 2.05) is 12.3 Å². The van der Waals surface area contributed by atoms with Crippen LogP contribution in [0.25, 0.3) is 5.95 Å². The molecule has 3 rings (SSSR count). The molecule has 7 nitrogen and oxygen atoms in total. The molecule has 7 heteroatoms. The fourth-order valence-electron chi connectivity index (χ4n) is 2.67. The Morgan fingerprint density at radius 3 is 2.67 bits per heavy atom. The summed E-state index contributed by atoms with van der Waals surface area (Å²) in [6.07, 6.45) is 10.2. The Morgan fingerprint density at radius 1 is 1.14 bits per heavy atom. The molecule has 2 heterocycles. The van der Waals surface area contributed by atoms with Crippen molar-refractivity contribution in [2.75, 3.05) is 24.2 Å². The number of hydrogen-bond donors (Lipinski definition) is 2. The lowest BCUT2D eigenvalue weighted by Gasteiger charge is -2.21. The van der Waals surface area contributed by atoms with Crippen molar-refractivity contribution in [3.05, 3.63) is 18.5 Å². The van der Waals surface area contributed by atoms with Crippen LogP contribution in [-0.2, 0) is 0 Å². The SMILES string of the molecule is CNc1nc(NCC2CCCCC2)nc(-n2cccn2)n1. The average Bonchev–Trinajstić information content (AvgIpc) is 3.08. The first kappa shape index (κ1) is 13.8. The van der Waals surface area contributed by atoms with Crippen molar-refractivity contribution in [3.8, 4) is 5.95 Å². The topological polar surface area (TPSA) is 80.5 Å². The Kier molecular flexibility index (Phi) is 4.28. The molecule has 1 aliphatic carbocycles. The zero-order valence-electron chi connectivity index (χ0n) is 12.3. The van der Waals surface area contributed by atoms with Gasteiger partial charge in [-0.15, -0.1) is 0 Å². The van der Waals surface area contributed by atoms with Crippen molar-refractivity contribution in [1.82, 2.24) is 24.7 Å². The molecule has 1 saturated carbocycles. The first-order valence-corrected chi connectivity index (χ1v) is 7.53. The lowest BCUT2D eigenvalue weighted by molar-refractivity contribution is 0.373. The number of nitrogens with one attached hydrogen (secondary N) is 2. The van der Waals surface area contributed by atoms with E-state index in [1.165, 1.54) is 32.1 Å². The van der Waals surface area contributed by atoms with E-state index in [0.29, 0.717) is 17.8 Å².